The van der Waals surface area contributed by atoms with Crippen LogP contribution in [0.4, 0.5) is 4.39 Å². The molecule has 174 valence electrons. The number of ketones is 1. The number of hydrogen-bond donors (Lipinski definition) is 1. The van der Waals surface area contributed by atoms with Crippen LogP contribution in [-0.4, -0.2) is 78.1 Å². The van der Waals surface area contributed by atoms with Gasteiger partial charge in [0.15, 0.2) is 11.6 Å². The van der Waals surface area contributed by atoms with Gasteiger partial charge in [-0.25, -0.2) is 4.39 Å². The number of aliphatic hydroxyl groups excluding tert-OH is 1. The molecule has 0 radical (unpaired) electrons. The van der Waals surface area contributed by atoms with E-state index in [1.807, 2.05) is 0 Å². The van der Waals surface area contributed by atoms with Crippen molar-refractivity contribution in [2.24, 2.45) is 0 Å². The van der Waals surface area contributed by atoms with Crippen LogP contribution in [0.3, 0.4) is 0 Å². The Morgan fingerprint density at radius 3 is 2.67 bits per heavy atom. The fourth-order valence-corrected chi connectivity index (χ4v) is 4.21. The normalized spacial score (nSPS) is 20.9. The van der Waals surface area contributed by atoms with Crippen molar-refractivity contribution in [2.45, 2.75) is 12.5 Å². The predicted octanol–water partition coefficient (Wildman–Crippen LogP) is 2.37. The van der Waals surface area contributed by atoms with E-state index in [1.165, 1.54) is 24.1 Å². The number of carbonyl (C=O) groups is 2. The van der Waals surface area contributed by atoms with Gasteiger partial charge in [-0.05, 0) is 36.8 Å². The van der Waals surface area contributed by atoms with Gasteiger partial charge in [-0.2, -0.15) is 0 Å². The van der Waals surface area contributed by atoms with Gasteiger partial charge in [-0.15, -0.1) is 0 Å². The van der Waals surface area contributed by atoms with Crippen molar-refractivity contribution >= 4 is 17.4 Å². The zero-order valence-electron chi connectivity index (χ0n) is 18.4. The molecule has 1 aromatic heterocycles. The second kappa shape index (κ2) is 10.1. The summed E-state index contributed by atoms with van der Waals surface area (Å²) in [6, 6.07) is 8.21. The van der Waals surface area contributed by atoms with Crippen LogP contribution in [0.1, 0.15) is 23.7 Å². The lowest BCUT2D eigenvalue weighted by molar-refractivity contribution is -0.140. The summed E-state index contributed by atoms with van der Waals surface area (Å²) >= 11 is 0. The number of rotatable bonds is 7. The maximum absolute atomic E-state index is 14.3. The minimum atomic E-state index is -0.860. The zero-order chi connectivity index (χ0) is 23.4. The number of nitrogens with zero attached hydrogens (tertiary/aromatic N) is 3. The third kappa shape index (κ3) is 4.74. The van der Waals surface area contributed by atoms with Gasteiger partial charge in [-0.1, -0.05) is 6.07 Å². The summed E-state index contributed by atoms with van der Waals surface area (Å²) < 4.78 is 24.5. The van der Waals surface area contributed by atoms with Crippen LogP contribution < -0.4 is 4.74 Å². The first-order valence-electron chi connectivity index (χ1n) is 10.8. The summed E-state index contributed by atoms with van der Waals surface area (Å²) in [5, 5.41) is 11.0. The first kappa shape index (κ1) is 22.9. The quantitative estimate of drug-likeness (QED) is 0.389. The van der Waals surface area contributed by atoms with E-state index in [-0.39, 0.29) is 16.9 Å². The Morgan fingerprint density at radius 1 is 1.21 bits per heavy atom. The number of benzene rings is 1. The fourth-order valence-electron chi connectivity index (χ4n) is 4.21. The molecule has 0 unspecified atom stereocenters. The molecule has 0 aliphatic carbocycles. The number of pyridine rings is 1. The molecule has 1 N–H and O–H groups in total. The third-order valence-electron chi connectivity index (χ3n) is 5.91. The lowest BCUT2D eigenvalue weighted by atomic mass is 9.98. The van der Waals surface area contributed by atoms with E-state index in [0.29, 0.717) is 31.9 Å². The molecule has 1 amide bonds. The minimum Gasteiger partial charge on any atom is -0.507 e. The molecule has 2 aliphatic rings. The molecule has 1 atom stereocenters. The van der Waals surface area contributed by atoms with Gasteiger partial charge in [0.25, 0.3) is 11.7 Å². The number of carbonyl (C=O) groups excluding carboxylic acids is 2. The van der Waals surface area contributed by atoms with Gasteiger partial charge in [0, 0.05) is 37.9 Å². The van der Waals surface area contributed by atoms with E-state index < -0.39 is 29.3 Å². The van der Waals surface area contributed by atoms with Crippen molar-refractivity contribution in [2.75, 3.05) is 46.5 Å². The summed E-state index contributed by atoms with van der Waals surface area (Å²) in [6.07, 6.45) is 2.21. The summed E-state index contributed by atoms with van der Waals surface area (Å²) in [6.45, 7) is 4.08. The number of Topliss-reactive ketones (excluding diaryl/α,β-unsaturated/α-hetero) is 1. The monoisotopic (exact) mass is 455 g/mol. The van der Waals surface area contributed by atoms with Gasteiger partial charge in [0.2, 0.25) is 0 Å². The van der Waals surface area contributed by atoms with Gasteiger partial charge in [0.1, 0.15) is 11.8 Å². The fraction of sp³-hybridized carbons (Fsp3) is 0.375. The maximum Gasteiger partial charge on any atom is 0.295 e. The number of methoxy groups -OCH3 is 1. The number of aliphatic hydroxyl groups is 1. The van der Waals surface area contributed by atoms with E-state index in [4.69, 9.17) is 9.47 Å². The number of morpholine rings is 1. The first-order chi connectivity index (χ1) is 16.0. The predicted molar refractivity (Wildman–Crippen MR) is 118 cm³/mol. The van der Waals surface area contributed by atoms with Gasteiger partial charge in [-0.3, -0.25) is 19.5 Å². The van der Waals surface area contributed by atoms with E-state index >= 15 is 0 Å². The number of ether oxygens (including phenoxy) is 2. The molecule has 2 aromatic rings. The molecular formula is C24H26FN3O5. The van der Waals surface area contributed by atoms with Crippen LogP contribution in [0.2, 0.25) is 0 Å². The molecule has 4 rings (SSSR count). The second-order valence-electron chi connectivity index (χ2n) is 7.90. The van der Waals surface area contributed by atoms with Gasteiger partial charge in [0.05, 0.1) is 31.6 Å². The SMILES string of the molecule is COc1ccc(/C(O)=C2\C(=O)C(=O)N(CCCN3CCOCC3)[C@@H]2c2ccccn2)cc1F. The lowest BCUT2D eigenvalue weighted by Crippen LogP contribution is -2.39. The summed E-state index contributed by atoms with van der Waals surface area (Å²) in [5.41, 5.74) is 0.439. The maximum atomic E-state index is 14.3. The average Bonchev–Trinajstić information content (AvgIpc) is 3.10. The van der Waals surface area contributed by atoms with Crippen molar-refractivity contribution in [3.05, 3.63) is 65.2 Å². The number of aromatic nitrogens is 1. The molecule has 33 heavy (non-hydrogen) atoms. The molecule has 0 saturated carbocycles. The van der Waals surface area contributed by atoms with E-state index in [1.54, 1.807) is 24.4 Å². The van der Waals surface area contributed by atoms with Crippen molar-refractivity contribution in [1.82, 2.24) is 14.8 Å². The largest absolute Gasteiger partial charge is 0.507 e. The van der Waals surface area contributed by atoms with E-state index in [0.717, 1.165) is 25.7 Å². The molecule has 9 heteroatoms. The number of halogens is 1. The van der Waals surface area contributed by atoms with Crippen molar-refractivity contribution in [1.29, 1.82) is 0 Å². The van der Waals surface area contributed by atoms with E-state index in [9.17, 15) is 19.1 Å². The Morgan fingerprint density at radius 2 is 2.00 bits per heavy atom. The number of likely N-dealkylation sites (tertiary alicyclic amines) is 1. The van der Waals surface area contributed by atoms with Gasteiger partial charge >= 0.3 is 0 Å². The molecule has 0 bridgehead atoms. The van der Waals surface area contributed by atoms with Crippen LogP contribution in [0.25, 0.3) is 5.76 Å². The van der Waals surface area contributed by atoms with Crippen LogP contribution in [0.15, 0.2) is 48.2 Å². The van der Waals surface area contributed by atoms with Crippen LogP contribution in [0, 0.1) is 5.82 Å². The lowest BCUT2D eigenvalue weighted by Gasteiger charge is -2.28. The number of hydrogen-bond acceptors (Lipinski definition) is 7. The highest BCUT2D eigenvalue weighted by atomic mass is 19.1. The molecule has 3 heterocycles. The van der Waals surface area contributed by atoms with Crippen molar-refractivity contribution < 1.29 is 28.6 Å². The Bertz CT molecular complexity index is 1050. The molecular weight excluding hydrogens is 429 g/mol. The molecule has 0 spiro atoms. The Hall–Kier alpha value is -3.30. The second-order valence-corrected chi connectivity index (χ2v) is 7.90. The smallest absolute Gasteiger partial charge is 0.295 e. The standard InChI is InChI=1S/C24H26FN3O5/c1-32-19-7-6-16(15-17(19)25)22(29)20-21(18-5-2-3-8-26-18)28(24(31)23(20)30)10-4-9-27-11-13-33-14-12-27/h2-3,5-8,15,21,29H,4,9-14H2,1H3/b22-20+/t21-/m1/s1. The van der Waals surface area contributed by atoms with Gasteiger partial charge < -0.3 is 19.5 Å². The van der Waals surface area contributed by atoms with Crippen molar-refractivity contribution in [3.63, 3.8) is 0 Å². The minimum absolute atomic E-state index is 0.0105. The first-order valence-corrected chi connectivity index (χ1v) is 10.8. The zero-order valence-corrected chi connectivity index (χ0v) is 18.4. The molecule has 1 aromatic carbocycles. The highest BCUT2D eigenvalue weighted by Gasteiger charge is 2.46. The van der Waals surface area contributed by atoms with Crippen molar-refractivity contribution in [3.8, 4) is 5.75 Å². The van der Waals surface area contributed by atoms with Crippen LogP contribution >= 0.6 is 0 Å². The number of amides is 1. The summed E-state index contributed by atoms with van der Waals surface area (Å²) in [5.74, 6) is -2.64. The Kier molecular flexibility index (Phi) is 7.00. The van der Waals surface area contributed by atoms with Crippen LogP contribution in [0.5, 0.6) is 5.75 Å². The summed E-state index contributed by atoms with van der Waals surface area (Å²) in [4.78, 5) is 34.0. The molecule has 2 saturated heterocycles. The molecule has 8 nitrogen and oxygen atoms in total. The third-order valence-corrected chi connectivity index (χ3v) is 5.91. The topological polar surface area (TPSA) is 92.2 Å². The van der Waals surface area contributed by atoms with Crippen LogP contribution in [-0.2, 0) is 14.3 Å². The highest BCUT2D eigenvalue weighted by Crippen LogP contribution is 2.39. The molecule has 2 fully saturated rings. The average molecular weight is 455 g/mol. The highest BCUT2D eigenvalue weighted by molar-refractivity contribution is 6.46. The molecule has 2 aliphatic heterocycles. The summed E-state index contributed by atoms with van der Waals surface area (Å²) in [7, 11) is 1.33. The Balaban J connectivity index is 1.66. The van der Waals surface area contributed by atoms with E-state index in [2.05, 4.69) is 9.88 Å². The Labute approximate surface area is 191 Å².